The van der Waals surface area contributed by atoms with E-state index in [1.54, 1.807) is 19.1 Å². The van der Waals surface area contributed by atoms with Gasteiger partial charge < -0.3 is 9.67 Å². The van der Waals surface area contributed by atoms with E-state index < -0.39 is 6.10 Å². The lowest BCUT2D eigenvalue weighted by atomic mass is 10.1. The van der Waals surface area contributed by atoms with Gasteiger partial charge in [0.1, 0.15) is 0 Å². The van der Waals surface area contributed by atoms with Crippen molar-refractivity contribution >= 4 is 27.5 Å². The third kappa shape index (κ3) is 1.92. The summed E-state index contributed by atoms with van der Waals surface area (Å²) in [5.41, 5.74) is 1.96. The van der Waals surface area contributed by atoms with Crippen molar-refractivity contribution in [3.8, 4) is 0 Å². The molecule has 1 N–H and O–H groups in total. The predicted octanol–water partition coefficient (Wildman–Crippen LogP) is 3.08. The molecule has 0 fully saturated rings. The molecule has 0 bridgehead atoms. The van der Waals surface area contributed by atoms with Crippen LogP contribution in [0.1, 0.15) is 6.92 Å². The van der Waals surface area contributed by atoms with Crippen LogP contribution < -0.4 is 0 Å². The molecule has 2 aromatic carbocycles. The van der Waals surface area contributed by atoms with Crippen molar-refractivity contribution in [1.29, 1.82) is 0 Å². The first-order valence-corrected chi connectivity index (χ1v) is 6.41. The first-order valence-electron chi connectivity index (χ1n) is 6.41. The Morgan fingerprint density at radius 3 is 2.60 bits per heavy atom. The van der Waals surface area contributed by atoms with Crippen molar-refractivity contribution in [2.24, 2.45) is 0 Å². The monoisotopic (exact) mass is 270 g/mol. The lowest BCUT2D eigenvalue weighted by Gasteiger charge is -2.09. The molecule has 1 aromatic heterocycles. The van der Waals surface area contributed by atoms with Gasteiger partial charge in [-0.2, -0.15) is 0 Å². The molecule has 1 atom stereocenters. The molecular formula is C15H14N2O3. The fraction of sp³-hybridized carbons (Fsp3) is 0.200. The van der Waals surface area contributed by atoms with E-state index in [-0.39, 0.29) is 10.6 Å². The topological polar surface area (TPSA) is 68.3 Å². The number of non-ortho nitro benzene ring substituents is 1. The van der Waals surface area contributed by atoms with Crippen LogP contribution >= 0.6 is 0 Å². The summed E-state index contributed by atoms with van der Waals surface area (Å²) >= 11 is 0. The lowest BCUT2D eigenvalue weighted by molar-refractivity contribution is -0.384. The van der Waals surface area contributed by atoms with Crippen LogP contribution in [0.25, 0.3) is 21.8 Å². The molecule has 1 heterocycles. The SMILES string of the molecule is C[C@H](O)Cn1c2ccccc2c2cc([N+](=O)[O-])ccc21. The van der Waals surface area contributed by atoms with Crippen molar-refractivity contribution < 1.29 is 10.0 Å². The van der Waals surface area contributed by atoms with E-state index in [4.69, 9.17) is 0 Å². The van der Waals surface area contributed by atoms with E-state index in [1.807, 2.05) is 28.8 Å². The van der Waals surface area contributed by atoms with E-state index in [0.29, 0.717) is 6.54 Å². The normalized spacial score (nSPS) is 12.9. The van der Waals surface area contributed by atoms with Crippen LogP contribution in [-0.2, 0) is 6.54 Å². The zero-order valence-corrected chi connectivity index (χ0v) is 11.0. The third-order valence-electron chi connectivity index (χ3n) is 3.41. The Morgan fingerprint density at radius 1 is 1.20 bits per heavy atom. The van der Waals surface area contributed by atoms with Gasteiger partial charge in [-0.3, -0.25) is 10.1 Å². The number of nitro groups is 1. The molecule has 0 aliphatic carbocycles. The highest BCUT2D eigenvalue weighted by molar-refractivity contribution is 6.08. The summed E-state index contributed by atoms with van der Waals surface area (Å²) in [4.78, 5) is 10.5. The molecule has 3 aromatic rings. The van der Waals surface area contributed by atoms with Gasteiger partial charge in [0.05, 0.1) is 11.0 Å². The fourth-order valence-corrected chi connectivity index (χ4v) is 2.62. The zero-order valence-electron chi connectivity index (χ0n) is 11.0. The van der Waals surface area contributed by atoms with Gasteiger partial charge in [0.15, 0.2) is 0 Å². The highest BCUT2D eigenvalue weighted by atomic mass is 16.6. The first-order chi connectivity index (χ1) is 9.58. The van der Waals surface area contributed by atoms with Gasteiger partial charge in [0.2, 0.25) is 0 Å². The Bertz CT molecular complexity index is 805. The van der Waals surface area contributed by atoms with Gasteiger partial charge in [-0.25, -0.2) is 0 Å². The number of rotatable bonds is 3. The Kier molecular flexibility index (Phi) is 2.91. The van der Waals surface area contributed by atoms with Crippen LogP contribution in [-0.4, -0.2) is 20.7 Å². The summed E-state index contributed by atoms with van der Waals surface area (Å²) < 4.78 is 2.00. The number of hydrogen-bond acceptors (Lipinski definition) is 3. The summed E-state index contributed by atoms with van der Waals surface area (Å²) in [6.45, 7) is 2.19. The quantitative estimate of drug-likeness (QED) is 0.587. The molecule has 3 rings (SSSR count). The van der Waals surface area contributed by atoms with Crippen LogP contribution in [0.15, 0.2) is 42.5 Å². The number of para-hydroxylation sites is 1. The van der Waals surface area contributed by atoms with E-state index in [9.17, 15) is 15.2 Å². The molecule has 0 aliphatic rings. The van der Waals surface area contributed by atoms with Crippen molar-refractivity contribution in [2.75, 3.05) is 0 Å². The maximum atomic E-state index is 10.9. The molecule has 0 saturated carbocycles. The van der Waals surface area contributed by atoms with Crippen LogP contribution in [0.2, 0.25) is 0 Å². The molecule has 0 unspecified atom stereocenters. The summed E-state index contributed by atoms with van der Waals surface area (Å²) in [5, 5.41) is 22.4. The molecule has 5 nitrogen and oxygen atoms in total. The van der Waals surface area contributed by atoms with E-state index >= 15 is 0 Å². The molecule has 0 aliphatic heterocycles. The number of benzene rings is 2. The molecular weight excluding hydrogens is 256 g/mol. The molecule has 102 valence electrons. The van der Waals surface area contributed by atoms with Crippen molar-refractivity contribution in [1.82, 2.24) is 4.57 Å². The van der Waals surface area contributed by atoms with Gasteiger partial charge >= 0.3 is 0 Å². The third-order valence-corrected chi connectivity index (χ3v) is 3.41. The minimum Gasteiger partial charge on any atom is -0.392 e. The van der Waals surface area contributed by atoms with Crippen molar-refractivity contribution in [3.05, 3.63) is 52.6 Å². The average molecular weight is 270 g/mol. The largest absolute Gasteiger partial charge is 0.392 e. The molecule has 0 saturated heterocycles. The van der Waals surface area contributed by atoms with Crippen LogP contribution in [0.4, 0.5) is 5.69 Å². The van der Waals surface area contributed by atoms with Crippen LogP contribution in [0.5, 0.6) is 0 Å². The predicted molar refractivity (Wildman–Crippen MR) is 77.8 cm³/mol. The Balaban J connectivity index is 2.38. The van der Waals surface area contributed by atoms with E-state index in [1.165, 1.54) is 6.07 Å². The first kappa shape index (κ1) is 12.6. The Morgan fingerprint density at radius 2 is 1.90 bits per heavy atom. The number of hydrogen-bond donors (Lipinski definition) is 1. The number of nitro benzene ring substituents is 1. The minimum absolute atomic E-state index is 0.0810. The van der Waals surface area contributed by atoms with Gasteiger partial charge in [-0.1, -0.05) is 18.2 Å². The second-order valence-corrected chi connectivity index (χ2v) is 4.94. The fourth-order valence-electron chi connectivity index (χ4n) is 2.62. The number of aliphatic hydroxyl groups is 1. The van der Waals surface area contributed by atoms with Crippen molar-refractivity contribution in [2.45, 2.75) is 19.6 Å². The summed E-state index contributed by atoms with van der Waals surface area (Å²) in [5.74, 6) is 0. The number of aromatic nitrogens is 1. The lowest BCUT2D eigenvalue weighted by Crippen LogP contribution is -2.11. The molecule has 0 spiro atoms. The van der Waals surface area contributed by atoms with E-state index in [0.717, 1.165) is 21.8 Å². The maximum Gasteiger partial charge on any atom is 0.270 e. The van der Waals surface area contributed by atoms with Crippen molar-refractivity contribution in [3.63, 3.8) is 0 Å². The van der Waals surface area contributed by atoms with Gasteiger partial charge in [0.25, 0.3) is 5.69 Å². The Hall–Kier alpha value is -2.40. The molecule has 0 radical (unpaired) electrons. The zero-order chi connectivity index (χ0) is 14.3. The van der Waals surface area contributed by atoms with E-state index in [2.05, 4.69) is 0 Å². The number of nitrogens with zero attached hydrogens (tertiary/aromatic N) is 2. The highest BCUT2D eigenvalue weighted by Crippen LogP contribution is 2.31. The molecule has 20 heavy (non-hydrogen) atoms. The van der Waals surface area contributed by atoms with Gasteiger partial charge in [-0.05, 0) is 19.1 Å². The molecule has 0 amide bonds. The van der Waals surface area contributed by atoms with Crippen LogP contribution in [0, 0.1) is 10.1 Å². The summed E-state index contributed by atoms with van der Waals surface area (Å²) in [6.07, 6.45) is -0.482. The second kappa shape index (κ2) is 4.61. The summed E-state index contributed by atoms with van der Waals surface area (Å²) in [6, 6.07) is 12.6. The van der Waals surface area contributed by atoms with Gasteiger partial charge in [0, 0.05) is 40.5 Å². The second-order valence-electron chi connectivity index (χ2n) is 4.94. The smallest absolute Gasteiger partial charge is 0.270 e. The average Bonchev–Trinajstić information content (AvgIpc) is 2.73. The highest BCUT2D eigenvalue weighted by Gasteiger charge is 2.15. The summed E-state index contributed by atoms with van der Waals surface area (Å²) in [7, 11) is 0. The van der Waals surface area contributed by atoms with Crippen LogP contribution in [0.3, 0.4) is 0 Å². The maximum absolute atomic E-state index is 10.9. The minimum atomic E-state index is -0.482. The number of fused-ring (bicyclic) bond motifs is 3. The molecule has 5 heteroatoms. The number of aliphatic hydroxyl groups excluding tert-OH is 1. The standard InChI is InChI=1S/C15H14N2O3/c1-10(18)9-16-14-5-3-2-4-12(14)13-8-11(17(19)20)6-7-15(13)16/h2-8,10,18H,9H2,1H3/t10-/m0/s1. The van der Waals surface area contributed by atoms with Gasteiger partial charge in [-0.15, -0.1) is 0 Å². The Labute approximate surface area is 115 Å².